The number of nitrogens with two attached hydrogens (primary N) is 1. The van der Waals surface area contributed by atoms with Crippen LogP contribution in [0.1, 0.15) is 29.5 Å². The maximum atomic E-state index is 12.6. The van der Waals surface area contributed by atoms with Crippen molar-refractivity contribution >= 4 is 29.1 Å². The van der Waals surface area contributed by atoms with Crippen molar-refractivity contribution in [2.75, 3.05) is 5.73 Å². The van der Waals surface area contributed by atoms with Gasteiger partial charge in [0.25, 0.3) is 0 Å². The molecule has 0 atom stereocenters. The molecule has 1 aromatic heterocycles. The number of aromatic amines is 1. The van der Waals surface area contributed by atoms with E-state index in [4.69, 9.17) is 5.73 Å². The fourth-order valence-electron chi connectivity index (χ4n) is 3.62. The van der Waals surface area contributed by atoms with E-state index < -0.39 is 11.1 Å². The summed E-state index contributed by atoms with van der Waals surface area (Å²) in [5.41, 5.74) is 10.8. The first-order valence-corrected chi connectivity index (χ1v) is 8.23. The lowest BCUT2D eigenvalue weighted by Gasteiger charge is -2.20. The predicted molar refractivity (Wildman–Crippen MR) is 103 cm³/mol. The van der Waals surface area contributed by atoms with Crippen molar-refractivity contribution in [2.45, 2.75) is 32.6 Å². The molecule has 2 aromatic carbocycles. The maximum absolute atomic E-state index is 12.6. The highest BCUT2D eigenvalue weighted by atomic mass is 35.5. The predicted octanol–water partition coefficient (Wildman–Crippen LogP) is 2.87. The van der Waals surface area contributed by atoms with Crippen LogP contribution in [0, 0.1) is 6.92 Å². The third-order valence-corrected chi connectivity index (χ3v) is 4.93. The number of anilines is 1. The van der Waals surface area contributed by atoms with Crippen molar-refractivity contribution in [1.82, 2.24) is 9.55 Å². The van der Waals surface area contributed by atoms with Crippen LogP contribution in [0.2, 0.25) is 0 Å². The molecule has 6 heteroatoms. The molecule has 0 amide bonds. The van der Waals surface area contributed by atoms with Crippen LogP contribution in [0.25, 0.3) is 16.7 Å². The summed E-state index contributed by atoms with van der Waals surface area (Å²) in [4.78, 5) is 27.7. The van der Waals surface area contributed by atoms with Crippen LogP contribution >= 0.6 is 12.4 Å². The van der Waals surface area contributed by atoms with Gasteiger partial charge in [-0.25, -0.2) is 0 Å². The summed E-state index contributed by atoms with van der Waals surface area (Å²) < 4.78 is 1.45. The number of hydrogen-bond donors (Lipinski definition) is 2. The van der Waals surface area contributed by atoms with Gasteiger partial charge in [0.15, 0.2) is 0 Å². The lowest BCUT2D eigenvalue weighted by atomic mass is 9.90. The molecule has 0 aliphatic heterocycles. The topological polar surface area (TPSA) is 80.9 Å². The number of benzene rings is 2. The molecular formula is C19H20ClN3O2. The molecule has 1 aliphatic carbocycles. The maximum Gasteiger partial charge on any atom is 0.321 e. The van der Waals surface area contributed by atoms with Crippen molar-refractivity contribution < 1.29 is 0 Å². The normalized spacial score (nSPS) is 13.3. The number of rotatable bonds is 1. The molecule has 130 valence electrons. The second kappa shape index (κ2) is 6.41. The summed E-state index contributed by atoms with van der Waals surface area (Å²) in [6.07, 6.45) is 4.19. The number of H-pyrrole nitrogens is 1. The van der Waals surface area contributed by atoms with E-state index in [0.29, 0.717) is 16.9 Å². The highest BCUT2D eigenvalue weighted by Crippen LogP contribution is 2.29. The zero-order valence-electron chi connectivity index (χ0n) is 14.0. The van der Waals surface area contributed by atoms with Crippen LogP contribution in [0.4, 0.5) is 5.69 Å². The molecule has 0 bridgehead atoms. The van der Waals surface area contributed by atoms with Crippen molar-refractivity contribution in [1.29, 1.82) is 0 Å². The lowest BCUT2D eigenvalue weighted by Crippen LogP contribution is -2.36. The van der Waals surface area contributed by atoms with E-state index in [9.17, 15) is 9.59 Å². The van der Waals surface area contributed by atoms with Crippen LogP contribution in [0.5, 0.6) is 0 Å². The number of aryl methyl sites for hydroxylation is 3. The Kier molecular flexibility index (Phi) is 4.43. The third-order valence-electron chi connectivity index (χ3n) is 4.93. The van der Waals surface area contributed by atoms with Gasteiger partial charge in [0.1, 0.15) is 0 Å². The van der Waals surface area contributed by atoms with Crippen LogP contribution < -0.4 is 16.9 Å². The summed E-state index contributed by atoms with van der Waals surface area (Å²) in [5, 5.41) is 0. The average molecular weight is 358 g/mol. The first-order chi connectivity index (χ1) is 11.6. The fourth-order valence-corrected chi connectivity index (χ4v) is 3.62. The Balaban J connectivity index is 0.00000182. The Morgan fingerprint density at radius 3 is 2.64 bits per heavy atom. The van der Waals surface area contributed by atoms with E-state index >= 15 is 0 Å². The highest BCUT2D eigenvalue weighted by Gasteiger charge is 2.18. The smallest absolute Gasteiger partial charge is 0.321 e. The van der Waals surface area contributed by atoms with Crippen LogP contribution in [-0.4, -0.2) is 9.55 Å². The number of fused-ring (bicyclic) bond motifs is 3. The third kappa shape index (κ3) is 2.65. The first-order valence-electron chi connectivity index (χ1n) is 8.23. The zero-order valence-corrected chi connectivity index (χ0v) is 14.8. The number of nitrogens with one attached hydrogen (secondary N) is 1. The molecule has 0 spiro atoms. The number of hydrogen-bond acceptors (Lipinski definition) is 3. The van der Waals surface area contributed by atoms with Gasteiger partial charge in [-0.2, -0.15) is 0 Å². The molecular weight excluding hydrogens is 338 g/mol. The summed E-state index contributed by atoms with van der Waals surface area (Å²) >= 11 is 0. The molecule has 4 rings (SSSR count). The van der Waals surface area contributed by atoms with Gasteiger partial charge in [0.2, 0.25) is 0 Å². The molecule has 5 nitrogen and oxygen atoms in total. The minimum Gasteiger partial charge on any atom is -0.397 e. The first kappa shape index (κ1) is 17.3. The Hall–Kier alpha value is -2.53. The van der Waals surface area contributed by atoms with E-state index in [-0.39, 0.29) is 12.4 Å². The number of aromatic nitrogens is 2. The van der Waals surface area contributed by atoms with Crippen LogP contribution in [-0.2, 0) is 12.8 Å². The average Bonchev–Trinajstić information content (AvgIpc) is 2.59. The molecule has 3 aromatic rings. The van der Waals surface area contributed by atoms with Gasteiger partial charge < -0.3 is 10.7 Å². The second-order valence-corrected chi connectivity index (χ2v) is 6.41. The minimum absolute atomic E-state index is 0. The number of para-hydroxylation sites is 1. The number of halogens is 1. The van der Waals surface area contributed by atoms with E-state index in [1.165, 1.54) is 10.1 Å². The molecule has 0 fully saturated rings. The molecule has 1 heterocycles. The van der Waals surface area contributed by atoms with E-state index in [1.54, 1.807) is 6.07 Å². The van der Waals surface area contributed by atoms with Gasteiger partial charge in [-0.1, -0.05) is 18.2 Å². The Bertz CT molecular complexity index is 1080. The van der Waals surface area contributed by atoms with Gasteiger partial charge in [0, 0.05) is 0 Å². The Labute approximate surface area is 150 Å². The molecule has 3 N–H and O–H groups in total. The largest absolute Gasteiger partial charge is 0.397 e. The molecule has 0 saturated carbocycles. The van der Waals surface area contributed by atoms with Crippen molar-refractivity contribution in [3.63, 3.8) is 0 Å². The van der Waals surface area contributed by atoms with Gasteiger partial charge in [-0.05, 0) is 61.4 Å². The Morgan fingerprint density at radius 2 is 1.84 bits per heavy atom. The minimum atomic E-state index is -0.609. The van der Waals surface area contributed by atoms with Crippen molar-refractivity contribution in [3.8, 4) is 5.69 Å². The summed E-state index contributed by atoms with van der Waals surface area (Å²) in [5.74, 6) is 0. The number of nitrogen functional groups attached to an aromatic ring is 1. The highest BCUT2D eigenvalue weighted by molar-refractivity contribution is 5.85. The van der Waals surface area contributed by atoms with Crippen LogP contribution in [0.15, 0.2) is 39.9 Å². The molecule has 1 aliphatic rings. The van der Waals surface area contributed by atoms with Gasteiger partial charge in [-0.15, -0.1) is 12.4 Å². The Morgan fingerprint density at radius 1 is 1.08 bits per heavy atom. The van der Waals surface area contributed by atoms with Gasteiger partial charge >= 0.3 is 11.1 Å². The molecule has 25 heavy (non-hydrogen) atoms. The van der Waals surface area contributed by atoms with E-state index in [0.717, 1.165) is 42.3 Å². The quantitative estimate of drug-likeness (QED) is 0.519. The van der Waals surface area contributed by atoms with Crippen molar-refractivity contribution in [2.24, 2.45) is 0 Å². The van der Waals surface area contributed by atoms with Crippen LogP contribution in [0.3, 0.4) is 0 Å². The standard InChI is InChI=1S/C19H19N3O2.ClH/c1-11-5-4-8-14(16(11)20)22-15-10-9-12-6-2-3-7-13(12)17(15)21-18(23)19(22)24;/h4-5,8-10H,2-3,6-7,20H2,1H3,(H,21,23);1H. The number of nitrogens with zero attached hydrogens (tertiary/aromatic N) is 1. The summed E-state index contributed by atoms with van der Waals surface area (Å²) in [7, 11) is 0. The SMILES string of the molecule is Cc1cccc(-n2c(=O)c(=O)[nH]c3c4c(ccc32)CCCC4)c1N.Cl. The van der Waals surface area contributed by atoms with E-state index in [2.05, 4.69) is 11.1 Å². The second-order valence-electron chi connectivity index (χ2n) is 6.41. The van der Waals surface area contributed by atoms with Gasteiger partial charge in [-0.3, -0.25) is 14.2 Å². The molecule has 0 unspecified atom stereocenters. The molecule has 0 radical (unpaired) electrons. The monoisotopic (exact) mass is 357 g/mol. The lowest BCUT2D eigenvalue weighted by molar-refractivity contribution is 0.688. The van der Waals surface area contributed by atoms with Gasteiger partial charge in [0.05, 0.1) is 22.4 Å². The van der Waals surface area contributed by atoms with E-state index in [1.807, 2.05) is 25.1 Å². The van der Waals surface area contributed by atoms with Crippen molar-refractivity contribution in [3.05, 3.63) is 67.7 Å². The fraction of sp³-hybridized carbons (Fsp3) is 0.263. The molecule has 0 saturated heterocycles. The summed E-state index contributed by atoms with van der Waals surface area (Å²) in [6, 6.07) is 9.50. The zero-order chi connectivity index (χ0) is 16.8. The summed E-state index contributed by atoms with van der Waals surface area (Å²) in [6.45, 7) is 1.89.